The first-order valence-corrected chi connectivity index (χ1v) is 6.57. The monoisotopic (exact) mass is 286 g/mol. The van der Waals surface area contributed by atoms with Gasteiger partial charge in [0.25, 0.3) is 0 Å². The maximum atomic E-state index is 11.8. The maximum absolute atomic E-state index is 11.8. The zero-order valence-electron chi connectivity index (χ0n) is 12.0. The highest BCUT2D eigenvalue weighted by molar-refractivity contribution is 5.90. The number of methoxy groups -OCH3 is 1. The molecule has 0 aliphatic heterocycles. The molecule has 0 fully saturated rings. The summed E-state index contributed by atoms with van der Waals surface area (Å²) in [7, 11) is 1.56. The molecule has 1 atom stereocenters. The molecule has 1 aromatic carbocycles. The van der Waals surface area contributed by atoms with Gasteiger partial charge in [-0.3, -0.25) is 4.79 Å². The minimum absolute atomic E-state index is 0.130. The molecular weight excluding hydrogens is 268 g/mol. The van der Waals surface area contributed by atoms with Crippen molar-refractivity contribution in [1.82, 2.24) is 5.43 Å². The first kappa shape index (κ1) is 15.0. The molecule has 0 radical (unpaired) electrons. The molecular formula is C16H18N2O3. The summed E-state index contributed by atoms with van der Waals surface area (Å²) < 4.78 is 10.5. The summed E-state index contributed by atoms with van der Waals surface area (Å²) in [4.78, 5) is 11.8. The van der Waals surface area contributed by atoms with Gasteiger partial charge in [-0.15, -0.1) is 0 Å². The second kappa shape index (κ2) is 7.42. The predicted octanol–water partition coefficient (Wildman–Crippen LogP) is 2.82. The fourth-order valence-corrected chi connectivity index (χ4v) is 1.79. The second-order valence-electron chi connectivity index (χ2n) is 4.35. The third-order valence-electron chi connectivity index (χ3n) is 2.82. The Kier molecular flexibility index (Phi) is 5.31. The summed E-state index contributed by atoms with van der Waals surface area (Å²) >= 11 is 0. The number of furan rings is 1. The first-order chi connectivity index (χ1) is 10.2. The van der Waals surface area contributed by atoms with Crippen molar-refractivity contribution in [1.29, 1.82) is 0 Å². The summed E-state index contributed by atoms with van der Waals surface area (Å²) in [5.74, 6) is 0.586. The molecule has 110 valence electrons. The summed E-state index contributed by atoms with van der Waals surface area (Å²) in [6, 6.07) is 13.0. The van der Waals surface area contributed by atoms with Gasteiger partial charge in [0.2, 0.25) is 5.91 Å². The molecule has 2 aromatic rings. The molecule has 21 heavy (non-hydrogen) atoms. The number of rotatable bonds is 6. The lowest BCUT2D eigenvalue weighted by molar-refractivity contribution is -0.117. The Morgan fingerprint density at radius 2 is 2.05 bits per heavy atom. The topological polar surface area (TPSA) is 54.7 Å². The lowest BCUT2D eigenvalue weighted by Crippen LogP contribution is -2.47. The van der Waals surface area contributed by atoms with Crippen molar-refractivity contribution in [3.8, 4) is 0 Å². The van der Waals surface area contributed by atoms with Crippen molar-refractivity contribution in [2.45, 2.75) is 13.2 Å². The zero-order chi connectivity index (χ0) is 15.1. The number of hydrogen-bond donors (Lipinski definition) is 1. The number of carbonyl (C=O) groups excluding carboxylic acids is 1. The van der Waals surface area contributed by atoms with Crippen LogP contribution in [0.3, 0.4) is 0 Å². The lowest BCUT2D eigenvalue weighted by Gasteiger charge is -2.25. The van der Waals surface area contributed by atoms with Crippen LogP contribution in [0.5, 0.6) is 0 Å². The molecule has 1 N–H and O–H groups in total. The quantitative estimate of drug-likeness (QED) is 0.655. The van der Waals surface area contributed by atoms with Crippen LogP contribution in [0.4, 0.5) is 5.69 Å². The van der Waals surface area contributed by atoms with Gasteiger partial charge in [0.15, 0.2) is 0 Å². The molecule has 5 nitrogen and oxygen atoms in total. The van der Waals surface area contributed by atoms with E-state index in [1.165, 1.54) is 11.9 Å². The summed E-state index contributed by atoms with van der Waals surface area (Å²) in [5.41, 5.74) is 3.76. The predicted molar refractivity (Wildman–Crippen MR) is 81.3 cm³/mol. The zero-order valence-corrected chi connectivity index (χ0v) is 12.0. The van der Waals surface area contributed by atoms with Gasteiger partial charge in [0, 0.05) is 14.0 Å². The standard InChI is InChI=1S/C16H18N2O3/c1-13(19)18(14-7-4-3-5-8-14)17-16(20-2)11-10-15-9-6-12-21-15/h3-12,16-17H,1-2H3/b11-10+. The number of ether oxygens (including phenoxy) is 1. The van der Waals surface area contributed by atoms with E-state index in [2.05, 4.69) is 5.43 Å². The van der Waals surface area contributed by atoms with Crippen LogP contribution in [-0.4, -0.2) is 19.2 Å². The van der Waals surface area contributed by atoms with Crippen LogP contribution >= 0.6 is 0 Å². The molecule has 1 amide bonds. The number of hydrogen-bond acceptors (Lipinski definition) is 4. The Morgan fingerprint density at radius 3 is 2.62 bits per heavy atom. The van der Waals surface area contributed by atoms with E-state index in [4.69, 9.17) is 9.15 Å². The largest absolute Gasteiger partial charge is 0.465 e. The van der Waals surface area contributed by atoms with Crippen LogP contribution in [-0.2, 0) is 9.53 Å². The van der Waals surface area contributed by atoms with E-state index in [9.17, 15) is 4.79 Å². The van der Waals surface area contributed by atoms with Crippen LogP contribution in [0.2, 0.25) is 0 Å². The number of anilines is 1. The molecule has 0 spiro atoms. The fraction of sp³-hybridized carbons (Fsp3) is 0.188. The lowest BCUT2D eigenvalue weighted by atomic mass is 10.3. The Hall–Kier alpha value is -2.37. The Morgan fingerprint density at radius 1 is 1.29 bits per heavy atom. The molecule has 0 aliphatic rings. The smallest absolute Gasteiger partial charge is 0.238 e. The van der Waals surface area contributed by atoms with E-state index in [-0.39, 0.29) is 5.91 Å². The average Bonchev–Trinajstić information content (AvgIpc) is 3.01. The summed E-state index contributed by atoms with van der Waals surface area (Å²) in [5, 5.41) is 1.45. The van der Waals surface area contributed by atoms with Gasteiger partial charge >= 0.3 is 0 Å². The number of carbonyl (C=O) groups is 1. The third-order valence-corrected chi connectivity index (χ3v) is 2.82. The third kappa shape index (κ3) is 4.30. The Bertz CT molecular complexity index is 579. The first-order valence-electron chi connectivity index (χ1n) is 6.57. The summed E-state index contributed by atoms with van der Waals surface area (Å²) in [6.45, 7) is 1.49. The fourth-order valence-electron chi connectivity index (χ4n) is 1.79. The number of amides is 1. The van der Waals surface area contributed by atoms with E-state index < -0.39 is 6.23 Å². The van der Waals surface area contributed by atoms with E-state index in [1.54, 1.807) is 31.6 Å². The maximum Gasteiger partial charge on any atom is 0.238 e. The van der Waals surface area contributed by atoms with Crippen molar-refractivity contribution in [2.24, 2.45) is 0 Å². The second-order valence-corrected chi connectivity index (χ2v) is 4.35. The van der Waals surface area contributed by atoms with Crippen molar-refractivity contribution >= 4 is 17.7 Å². The number of hydrazine groups is 1. The van der Waals surface area contributed by atoms with Crippen molar-refractivity contribution in [3.63, 3.8) is 0 Å². The van der Waals surface area contributed by atoms with Gasteiger partial charge in [0.05, 0.1) is 12.0 Å². The molecule has 0 bridgehead atoms. The van der Waals surface area contributed by atoms with E-state index >= 15 is 0 Å². The van der Waals surface area contributed by atoms with Crippen LogP contribution in [0.15, 0.2) is 59.2 Å². The van der Waals surface area contributed by atoms with E-state index in [0.717, 1.165) is 5.69 Å². The van der Waals surface area contributed by atoms with Gasteiger partial charge < -0.3 is 9.15 Å². The van der Waals surface area contributed by atoms with Crippen molar-refractivity contribution in [2.75, 3.05) is 12.1 Å². The van der Waals surface area contributed by atoms with Crippen molar-refractivity contribution < 1.29 is 13.9 Å². The number of nitrogens with zero attached hydrogens (tertiary/aromatic N) is 1. The summed E-state index contributed by atoms with van der Waals surface area (Å²) in [6.07, 6.45) is 4.70. The number of nitrogens with one attached hydrogen (secondary N) is 1. The SMILES string of the molecule is COC(/C=C/c1ccco1)NN(C(C)=O)c1ccccc1. The van der Waals surface area contributed by atoms with Crippen LogP contribution < -0.4 is 10.4 Å². The molecule has 1 heterocycles. The molecule has 0 saturated heterocycles. The molecule has 0 saturated carbocycles. The van der Waals surface area contributed by atoms with Crippen LogP contribution in [0.1, 0.15) is 12.7 Å². The van der Waals surface area contributed by atoms with Gasteiger partial charge in [-0.05, 0) is 36.4 Å². The molecule has 1 unspecified atom stereocenters. The highest BCUT2D eigenvalue weighted by Gasteiger charge is 2.14. The van der Waals surface area contributed by atoms with E-state index in [1.807, 2.05) is 36.4 Å². The van der Waals surface area contributed by atoms with Gasteiger partial charge in [-0.25, -0.2) is 5.01 Å². The molecule has 0 aliphatic carbocycles. The Balaban J connectivity index is 2.09. The van der Waals surface area contributed by atoms with Gasteiger partial charge in [-0.1, -0.05) is 18.2 Å². The minimum atomic E-state index is -0.459. The number of benzene rings is 1. The van der Waals surface area contributed by atoms with Crippen molar-refractivity contribution in [3.05, 3.63) is 60.6 Å². The normalized spacial score (nSPS) is 12.5. The molecule has 2 rings (SSSR count). The van der Waals surface area contributed by atoms with Crippen LogP contribution in [0, 0.1) is 0 Å². The van der Waals surface area contributed by atoms with Gasteiger partial charge in [-0.2, -0.15) is 5.43 Å². The highest BCUT2D eigenvalue weighted by atomic mass is 16.5. The van der Waals surface area contributed by atoms with Gasteiger partial charge in [0.1, 0.15) is 12.0 Å². The average molecular weight is 286 g/mol. The van der Waals surface area contributed by atoms with Crippen LogP contribution in [0.25, 0.3) is 6.08 Å². The Labute approximate surface area is 123 Å². The molecule has 1 aromatic heterocycles. The minimum Gasteiger partial charge on any atom is -0.465 e. The van der Waals surface area contributed by atoms with E-state index in [0.29, 0.717) is 5.76 Å². The highest BCUT2D eigenvalue weighted by Crippen LogP contribution is 2.12. The molecule has 5 heteroatoms. The number of para-hydroxylation sites is 1.